The van der Waals surface area contributed by atoms with Crippen LogP contribution < -0.4 is 9.64 Å². The van der Waals surface area contributed by atoms with Gasteiger partial charge in [0.2, 0.25) is 0 Å². The van der Waals surface area contributed by atoms with E-state index in [2.05, 4.69) is 67.4 Å². The Hall–Kier alpha value is -2.22. The molecule has 2 aromatic carbocycles. The molecule has 0 unspecified atom stereocenters. The Morgan fingerprint density at radius 3 is 2.35 bits per heavy atom. The Morgan fingerprint density at radius 1 is 0.950 bits per heavy atom. The van der Waals surface area contributed by atoms with Crippen LogP contribution in [0.3, 0.4) is 0 Å². The van der Waals surface area contributed by atoms with Gasteiger partial charge in [0.1, 0.15) is 12.4 Å². The van der Waals surface area contributed by atoms with E-state index in [9.17, 15) is 0 Å². The number of likely N-dealkylation sites (N-methyl/N-ethyl adjacent to an activating group) is 1. The summed E-state index contributed by atoms with van der Waals surface area (Å²) in [6.07, 6.45) is 4.18. The highest BCUT2D eigenvalue weighted by Crippen LogP contribution is 2.12. The zero-order valence-corrected chi connectivity index (χ0v) is 12.1. The molecule has 20 heavy (non-hydrogen) atoms. The van der Waals surface area contributed by atoms with Crippen molar-refractivity contribution >= 4 is 5.69 Å². The topological polar surface area (TPSA) is 12.5 Å². The predicted octanol–water partition coefficient (Wildman–Crippen LogP) is 4.07. The molecule has 0 atom stereocenters. The first-order chi connectivity index (χ1) is 9.75. The van der Waals surface area contributed by atoms with Crippen molar-refractivity contribution in [2.75, 3.05) is 25.1 Å². The Bertz CT molecular complexity index is 531. The van der Waals surface area contributed by atoms with E-state index >= 15 is 0 Å². The van der Waals surface area contributed by atoms with Crippen molar-refractivity contribution < 1.29 is 4.74 Å². The number of benzene rings is 2. The normalized spacial score (nSPS) is 10.7. The second kappa shape index (κ2) is 7.39. The third-order valence-corrected chi connectivity index (χ3v) is 3.11. The summed E-state index contributed by atoms with van der Waals surface area (Å²) in [7, 11) is 2.08. The van der Waals surface area contributed by atoms with Gasteiger partial charge >= 0.3 is 0 Å². The third-order valence-electron chi connectivity index (χ3n) is 3.11. The average Bonchev–Trinajstić information content (AvgIpc) is 2.49. The Balaban J connectivity index is 1.73. The summed E-state index contributed by atoms with van der Waals surface area (Å²) in [6, 6.07) is 18.5. The minimum Gasteiger partial charge on any atom is -0.490 e. The molecule has 0 bridgehead atoms. The van der Waals surface area contributed by atoms with Gasteiger partial charge in [0.15, 0.2) is 0 Å². The number of hydrogen-bond acceptors (Lipinski definition) is 2. The molecule has 2 heteroatoms. The van der Waals surface area contributed by atoms with Gasteiger partial charge in [0.25, 0.3) is 0 Å². The van der Waals surface area contributed by atoms with Crippen molar-refractivity contribution in [2.45, 2.75) is 6.92 Å². The molecule has 0 aliphatic rings. The lowest BCUT2D eigenvalue weighted by Gasteiger charge is -2.16. The summed E-state index contributed by atoms with van der Waals surface area (Å²) >= 11 is 0. The van der Waals surface area contributed by atoms with Crippen LogP contribution in [-0.4, -0.2) is 20.2 Å². The minimum absolute atomic E-state index is 0.603. The number of para-hydroxylation sites is 1. The fourth-order valence-corrected chi connectivity index (χ4v) is 1.87. The number of nitrogens with zero attached hydrogens (tertiary/aromatic N) is 1. The predicted molar refractivity (Wildman–Crippen MR) is 85.5 cm³/mol. The van der Waals surface area contributed by atoms with Crippen LogP contribution >= 0.6 is 0 Å². The lowest BCUT2D eigenvalue weighted by molar-refractivity contribution is 0.362. The average molecular weight is 267 g/mol. The summed E-state index contributed by atoms with van der Waals surface area (Å²) in [4.78, 5) is 2.20. The second-order valence-corrected chi connectivity index (χ2v) is 4.81. The van der Waals surface area contributed by atoms with E-state index in [0.717, 1.165) is 12.3 Å². The number of ether oxygens (including phenoxy) is 1. The van der Waals surface area contributed by atoms with E-state index in [0.29, 0.717) is 6.61 Å². The van der Waals surface area contributed by atoms with E-state index in [1.54, 1.807) is 0 Å². The van der Waals surface area contributed by atoms with E-state index in [1.165, 1.54) is 11.3 Å². The lowest BCUT2D eigenvalue weighted by Crippen LogP contribution is -2.16. The Kier molecular flexibility index (Phi) is 5.24. The molecule has 0 amide bonds. The van der Waals surface area contributed by atoms with Gasteiger partial charge in [0, 0.05) is 19.3 Å². The van der Waals surface area contributed by atoms with Gasteiger partial charge in [-0.25, -0.2) is 0 Å². The number of anilines is 1. The minimum atomic E-state index is 0.603. The van der Waals surface area contributed by atoms with Crippen LogP contribution in [-0.2, 0) is 0 Å². The van der Waals surface area contributed by atoms with Gasteiger partial charge in [-0.1, -0.05) is 42.0 Å². The van der Waals surface area contributed by atoms with Crippen LogP contribution in [0.15, 0.2) is 66.7 Å². The number of rotatable bonds is 6. The van der Waals surface area contributed by atoms with Crippen LogP contribution in [0.2, 0.25) is 0 Å². The molecule has 0 aliphatic heterocycles. The van der Waals surface area contributed by atoms with Crippen LogP contribution in [0.5, 0.6) is 5.75 Å². The van der Waals surface area contributed by atoms with Gasteiger partial charge in [-0.05, 0) is 37.3 Å². The molecule has 2 nitrogen and oxygen atoms in total. The number of hydrogen-bond donors (Lipinski definition) is 0. The molecule has 2 aromatic rings. The highest BCUT2D eigenvalue weighted by atomic mass is 16.5. The zero-order valence-electron chi connectivity index (χ0n) is 12.1. The fourth-order valence-electron chi connectivity index (χ4n) is 1.87. The van der Waals surface area contributed by atoms with Gasteiger partial charge in [-0.15, -0.1) is 0 Å². The molecule has 0 N–H and O–H groups in total. The molecular weight excluding hydrogens is 246 g/mol. The fraction of sp³-hybridized carbons (Fsp3) is 0.222. The molecule has 0 fully saturated rings. The van der Waals surface area contributed by atoms with E-state index in [-0.39, 0.29) is 0 Å². The molecule has 0 saturated heterocycles. The first-order valence-corrected chi connectivity index (χ1v) is 6.86. The first-order valence-electron chi connectivity index (χ1n) is 6.86. The lowest BCUT2D eigenvalue weighted by atomic mass is 10.2. The van der Waals surface area contributed by atoms with Gasteiger partial charge in [-0.2, -0.15) is 0 Å². The third kappa shape index (κ3) is 4.47. The summed E-state index contributed by atoms with van der Waals surface area (Å²) in [5.41, 5.74) is 2.47. The quantitative estimate of drug-likeness (QED) is 0.732. The largest absolute Gasteiger partial charge is 0.490 e. The van der Waals surface area contributed by atoms with Crippen LogP contribution in [0.4, 0.5) is 5.69 Å². The standard InChI is InChI=1S/C18H21NO/c1-16-10-12-18(13-11-16)20-15-7-6-14-19(2)17-8-4-3-5-9-17/h3-13H,14-15H2,1-2H3/b7-6+. The van der Waals surface area contributed by atoms with Crippen LogP contribution in [0.1, 0.15) is 5.56 Å². The Labute approximate surface area is 121 Å². The van der Waals surface area contributed by atoms with Gasteiger partial charge in [-0.3, -0.25) is 0 Å². The van der Waals surface area contributed by atoms with Crippen molar-refractivity contribution in [3.8, 4) is 5.75 Å². The van der Waals surface area contributed by atoms with Crippen molar-refractivity contribution in [1.82, 2.24) is 0 Å². The monoisotopic (exact) mass is 267 g/mol. The SMILES string of the molecule is Cc1ccc(OC/C=C/CN(C)c2ccccc2)cc1. The molecule has 104 valence electrons. The molecule has 0 spiro atoms. The Morgan fingerprint density at radius 2 is 1.65 bits per heavy atom. The van der Waals surface area contributed by atoms with Crippen molar-refractivity contribution in [1.29, 1.82) is 0 Å². The van der Waals surface area contributed by atoms with Gasteiger partial charge in [0.05, 0.1) is 0 Å². The van der Waals surface area contributed by atoms with Crippen LogP contribution in [0.25, 0.3) is 0 Å². The van der Waals surface area contributed by atoms with Crippen molar-refractivity contribution in [3.63, 3.8) is 0 Å². The zero-order chi connectivity index (χ0) is 14.2. The molecular formula is C18H21NO. The van der Waals surface area contributed by atoms with E-state index < -0.39 is 0 Å². The van der Waals surface area contributed by atoms with Crippen molar-refractivity contribution in [2.24, 2.45) is 0 Å². The number of aryl methyl sites for hydroxylation is 1. The summed E-state index contributed by atoms with van der Waals surface area (Å²) in [5, 5.41) is 0. The maximum Gasteiger partial charge on any atom is 0.119 e. The summed E-state index contributed by atoms with van der Waals surface area (Å²) in [5.74, 6) is 0.914. The smallest absolute Gasteiger partial charge is 0.119 e. The highest BCUT2D eigenvalue weighted by molar-refractivity contribution is 5.45. The summed E-state index contributed by atoms with van der Waals surface area (Å²) in [6.45, 7) is 3.55. The van der Waals surface area contributed by atoms with Gasteiger partial charge < -0.3 is 9.64 Å². The highest BCUT2D eigenvalue weighted by Gasteiger charge is 1.95. The van der Waals surface area contributed by atoms with Crippen LogP contribution in [0, 0.1) is 6.92 Å². The molecule has 0 radical (unpaired) electrons. The molecule has 0 saturated carbocycles. The van der Waals surface area contributed by atoms with E-state index in [4.69, 9.17) is 4.74 Å². The molecule has 2 rings (SSSR count). The van der Waals surface area contributed by atoms with E-state index in [1.807, 2.05) is 18.2 Å². The molecule has 0 aromatic heterocycles. The first kappa shape index (κ1) is 14.2. The maximum atomic E-state index is 5.64. The maximum absolute atomic E-state index is 5.64. The molecule has 0 heterocycles. The van der Waals surface area contributed by atoms with Crippen molar-refractivity contribution in [3.05, 3.63) is 72.3 Å². The molecule has 0 aliphatic carbocycles. The second-order valence-electron chi connectivity index (χ2n) is 4.81. The summed E-state index contributed by atoms with van der Waals surface area (Å²) < 4.78 is 5.64.